The molecule has 132 valence electrons. The van der Waals surface area contributed by atoms with Gasteiger partial charge in [0.15, 0.2) is 5.78 Å². The smallest absolute Gasteiger partial charge is 0.153 e. The molecule has 0 aromatic rings. The third-order valence-electron chi connectivity index (χ3n) is 7.88. The van der Waals surface area contributed by atoms with Gasteiger partial charge in [0.1, 0.15) is 17.8 Å². The summed E-state index contributed by atoms with van der Waals surface area (Å²) in [6.45, 7) is 9.91. The molecule has 0 saturated heterocycles. The van der Waals surface area contributed by atoms with Crippen molar-refractivity contribution in [2.45, 2.75) is 58.8 Å². The molecule has 3 N–H and O–H groups in total. The first-order valence-electron chi connectivity index (χ1n) is 9.01. The highest BCUT2D eigenvalue weighted by Gasteiger charge is 2.75. The second-order valence-electron chi connectivity index (χ2n) is 9.28. The maximum absolute atomic E-state index is 13.7. The Labute approximate surface area is 143 Å². The Morgan fingerprint density at radius 1 is 1.12 bits per heavy atom. The summed E-state index contributed by atoms with van der Waals surface area (Å²) in [7, 11) is 0. The van der Waals surface area contributed by atoms with E-state index in [0.29, 0.717) is 17.1 Å². The van der Waals surface area contributed by atoms with Gasteiger partial charge < -0.3 is 15.3 Å². The Balaban J connectivity index is 1.99. The fourth-order valence-corrected chi connectivity index (χ4v) is 6.41. The van der Waals surface area contributed by atoms with E-state index in [0.717, 1.165) is 6.42 Å². The van der Waals surface area contributed by atoms with Gasteiger partial charge in [0.2, 0.25) is 0 Å². The number of carbonyl (C=O) groups excluding carboxylic acids is 1. The van der Waals surface area contributed by atoms with Gasteiger partial charge in [0.05, 0.1) is 5.41 Å². The number of ketones is 1. The van der Waals surface area contributed by atoms with Crippen LogP contribution in [0.4, 0.5) is 0 Å². The molecule has 4 aliphatic rings. The standard InChI is InChI=1S/C20H28O4/c1-9-6-12-14-13(18(14,4)5)7-11(3)19(17(12)23)8-10(2)16(22)20(19,24)15(9)21/h6,8,11-16,21-22,24H,7H2,1-5H3/t11-,12?,13?,14+,15?,16?,19?,20?/m1/s1. The fourth-order valence-electron chi connectivity index (χ4n) is 6.41. The maximum atomic E-state index is 13.7. The van der Waals surface area contributed by atoms with Gasteiger partial charge in [-0.3, -0.25) is 4.79 Å². The van der Waals surface area contributed by atoms with Crippen molar-refractivity contribution in [3.05, 3.63) is 23.3 Å². The summed E-state index contributed by atoms with van der Waals surface area (Å²) in [4.78, 5) is 13.7. The van der Waals surface area contributed by atoms with Crippen LogP contribution in [0.3, 0.4) is 0 Å². The highest BCUT2D eigenvalue weighted by Crippen LogP contribution is 2.71. The molecule has 24 heavy (non-hydrogen) atoms. The second kappa shape index (κ2) is 4.40. The van der Waals surface area contributed by atoms with Gasteiger partial charge in [-0.25, -0.2) is 0 Å². The van der Waals surface area contributed by atoms with Crippen LogP contribution in [0.2, 0.25) is 0 Å². The number of aliphatic hydroxyl groups excluding tert-OH is 2. The quantitative estimate of drug-likeness (QED) is 0.592. The maximum Gasteiger partial charge on any atom is 0.153 e. The minimum absolute atomic E-state index is 0.0256. The summed E-state index contributed by atoms with van der Waals surface area (Å²) >= 11 is 0. The molecule has 0 aliphatic heterocycles. The molecular formula is C20H28O4. The normalized spacial score (nSPS) is 54.9. The summed E-state index contributed by atoms with van der Waals surface area (Å²) in [5, 5.41) is 33.2. The lowest BCUT2D eigenvalue weighted by Gasteiger charge is -2.48. The number of Topliss-reactive ketones (excluding diaryl/α,β-unsaturated/α-hetero) is 1. The Morgan fingerprint density at radius 3 is 2.33 bits per heavy atom. The highest BCUT2D eigenvalue weighted by molar-refractivity contribution is 5.95. The van der Waals surface area contributed by atoms with E-state index in [1.807, 2.05) is 13.0 Å². The number of allylic oxidation sites excluding steroid dienone is 1. The summed E-state index contributed by atoms with van der Waals surface area (Å²) in [6.07, 6.45) is 2.01. The van der Waals surface area contributed by atoms with Crippen LogP contribution >= 0.6 is 0 Å². The van der Waals surface area contributed by atoms with Crippen molar-refractivity contribution < 1.29 is 20.1 Å². The van der Waals surface area contributed by atoms with E-state index in [9.17, 15) is 20.1 Å². The van der Waals surface area contributed by atoms with Crippen LogP contribution in [0.5, 0.6) is 0 Å². The monoisotopic (exact) mass is 332 g/mol. The first-order chi connectivity index (χ1) is 11.0. The topological polar surface area (TPSA) is 77.8 Å². The first-order valence-corrected chi connectivity index (χ1v) is 9.01. The molecule has 2 saturated carbocycles. The van der Waals surface area contributed by atoms with Crippen LogP contribution in [0.1, 0.15) is 41.0 Å². The van der Waals surface area contributed by atoms with Crippen molar-refractivity contribution in [1.82, 2.24) is 0 Å². The molecule has 0 radical (unpaired) electrons. The molecule has 8 atom stereocenters. The van der Waals surface area contributed by atoms with Crippen molar-refractivity contribution in [3.8, 4) is 0 Å². The molecule has 4 aliphatic carbocycles. The van der Waals surface area contributed by atoms with Crippen molar-refractivity contribution >= 4 is 5.78 Å². The largest absolute Gasteiger partial charge is 0.386 e. The Kier molecular flexibility index (Phi) is 3.03. The zero-order valence-electron chi connectivity index (χ0n) is 15.1. The SMILES string of the molecule is CC1=CC2C(=O)C3(C=C(C)C(O)C3(O)C1O)[C@H](C)CC1[C@H]2C1(C)C. The molecule has 4 nitrogen and oxygen atoms in total. The van der Waals surface area contributed by atoms with E-state index in [1.54, 1.807) is 19.9 Å². The molecule has 1 spiro atoms. The number of hydrogen-bond acceptors (Lipinski definition) is 4. The number of fused-ring (bicyclic) bond motifs is 3. The van der Waals surface area contributed by atoms with E-state index >= 15 is 0 Å². The van der Waals surface area contributed by atoms with E-state index in [4.69, 9.17) is 0 Å². The van der Waals surface area contributed by atoms with Crippen molar-refractivity contribution in [3.63, 3.8) is 0 Å². The summed E-state index contributed by atoms with van der Waals surface area (Å²) in [6, 6.07) is 0. The van der Waals surface area contributed by atoms with Gasteiger partial charge in [-0.05, 0) is 54.6 Å². The van der Waals surface area contributed by atoms with Gasteiger partial charge in [0, 0.05) is 5.92 Å². The number of rotatable bonds is 0. The van der Waals surface area contributed by atoms with Crippen LogP contribution in [-0.2, 0) is 4.79 Å². The number of hydrogen-bond donors (Lipinski definition) is 3. The minimum atomic E-state index is -1.87. The Hall–Kier alpha value is -0.970. The van der Waals surface area contributed by atoms with Gasteiger partial charge in [0.25, 0.3) is 0 Å². The van der Waals surface area contributed by atoms with E-state index in [-0.39, 0.29) is 29.0 Å². The van der Waals surface area contributed by atoms with Crippen LogP contribution in [0.25, 0.3) is 0 Å². The fraction of sp³-hybridized carbons (Fsp3) is 0.750. The van der Waals surface area contributed by atoms with Crippen LogP contribution in [0.15, 0.2) is 23.3 Å². The molecular weight excluding hydrogens is 304 g/mol. The lowest BCUT2D eigenvalue weighted by molar-refractivity contribution is -0.189. The predicted octanol–water partition coefficient (Wildman–Crippen LogP) is 1.84. The predicted molar refractivity (Wildman–Crippen MR) is 89.9 cm³/mol. The zero-order chi connectivity index (χ0) is 17.8. The number of carbonyl (C=O) groups is 1. The number of aliphatic hydroxyl groups is 3. The highest BCUT2D eigenvalue weighted by atomic mass is 16.4. The van der Waals surface area contributed by atoms with Crippen molar-refractivity contribution in [1.29, 1.82) is 0 Å². The van der Waals surface area contributed by atoms with E-state index < -0.39 is 23.2 Å². The van der Waals surface area contributed by atoms with E-state index in [1.165, 1.54) is 0 Å². The lowest BCUT2D eigenvalue weighted by Crippen LogP contribution is -2.64. The molecule has 4 rings (SSSR count). The minimum Gasteiger partial charge on any atom is -0.386 e. The molecule has 4 heteroatoms. The molecule has 2 fully saturated rings. The Morgan fingerprint density at radius 2 is 1.71 bits per heavy atom. The van der Waals surface area contributed by atoms with Crippen LogP contribution in [-0.4, -0.2) is 38.9 Å². The average molecular weight is 332 g/mol. The summed E-state index contributed by atoms with van der Waals surface area (Å²) < 4.78 is 0. The van der Waals surface area contributed by atoms with Gasteiger partial charge in [-0.2, -0.15) is 0 Å². The first kappa shape index (κ1) is 16.5. The molecule has 0 aromatic carbocycles. The zero-order valence-corrected chi connectivity index (χ0v) is 15.1. The third kappa shape index (κ3) is 1.50. The van der Waals surface area contributed by atoms with E-state index in [2.05, 4.69) is 13.8 Å². The van der Waals surface area contributed by atoms with Crippen LogP contribution in [0, 0.1) is 34.5 Å². The van der Waals surface area contributed by atoms with Crippen LogP contribution < -0.4 is 0 Å². The third-order valence-corrected chi connectivity index (χ3v) is 7.88. The molecule has 0 heterocycles. The molecule has 6 unspecified atom stereocenters. The lowest BCUT2D eigenvalue weighted by atomic mass is 9.59. The molecule has 0 aromatic heterocycles. The van der Waals surface area contributed by atoms with Crippen molar-refractivity contribution in [2.24, 2.45) is 34.5 Å². The molecule has 2 bridgehead atoms. The summed E-state index contributed by atoms with van der Waals surface area (Å²) in [5.74, 6) is 0.240. The second-order valence-corrected chi connectivity index (χ2v) is 9.28. The Bertz CT molecular complexity index is 690. The molecule has 0 amide bonds. The van der Waals surface area contributed by atoms with Gasteiger partial charge in [-0.1, -0.05) is 32.9 Å². The average Bonchev–Trinajstić information content (AvgIpc) is 3.01. The van der Waals surface area contributed by atoms with Gasteiger partial charge in [-0.15, -0.1) is 0 Å². The van der Waals surface area contributed by atoms with Gasteiger partial charge >= 0.3 is 0 Å². The summed E-state index contributed by atoms with van der Waals surface area (Å²) in [5.41, 5.74) is -1.80. The van der Waals surface area contributed by atoms with Crippen molar-refractivity contribution in [2.75, 3.05) is 0 Å².